The predicted octanol–water partition coefficient (Wildman–Crippen LogP) is 5.80. The highest BCUT2D eigenvalue weighted by molar-refractivity contribution is 7.46. The number of carbonyl (C=O) groups is 1. The normalized spacial score (nSPS) is 11.7. The summed E-state index contributed by atoms with van der Waals surface area (Å²) in [6.45, 7) is 11.4. The zero-order chi connectivity index (χ0) is 40.3. The van der Waals surface area contributed by atoms with Gasteiger partial charge in [0.15, 0.2) is 0 Å². The molecule has 0 radical (unpaired) electrons. The number of aliphatic carboxylic acids is 1. The van der Waals surface area contributed by atoms with Gasteiger partial charge in [0.1, 0.15) is 12.4 Å². The first-order valence-electron chi connectivity index (χ1n) is 19.3. The van der Waals surface area contributed by atoms with Crippen molar-refractivity contribution in [3.63, 3.8) is 0 Å². The topological polar surface area (TPSA) is 187 Å². The summed E-state index contributed by atoms with van der Waals surface area (Å²) in [6, 6.07) is 8.41. The molecule has 0 aliphatic carbocycles. The third-order valence-corrected chi connectivity index (χ3v) is 7.64. The summed E-state index contributed by atoms with van der Waals surface area (Å²) in [4.78, 5) is 26.8. The molecule has 0 saturated heterocycles. The highest BCUT2D eigenvalue weighted by Gasteiger charge is 2.12. The SMILES string of the molecule is C/C=C/C=C/C(=O)O.CCCCCCCCCc1ccc(OCCOCCOCCOCCOCCOCCOCCOCCOCCOP(=O)(O)O)cc1. The van der Waals surface area contributed by atoms with Gasteiger partial charge in [0.25, 0.3) is 0 Å². The lowest BCUT2D eigenvalue weighted by Crippen LogP contribution is -2.15. The molecule has 0 unspecified atom stereocenters. The largest absolute Gasteiger partial charge is 0.491 e. The van der Waals surface area contributed by atoms with Crippen LogP contribution in [0.2, 0.25) is 0 Å². The molecule has 0 amide bonds. The summed E-state index contributed by atoms with van der Waals surface area (Å²) in [7, 11) is -4.43. The molecule has 0 saturated carbocycles. The molecule has 1 aromatic carbocycles. The van der Waals surface area contributed by atoms with E-state index in [0.717, 1.165) is 18.2 Å². The number of phosphoric ester groups is 1. The van der Waals surface area contributed by atoms with Crippen LogP contribution in [0.1, 0.15) is 64.4 Å². The lowest BCUT2D eigenvalue weighted by Gasteiger charge is -2.09. The van der Waals surface area contributed by atoms with Gasteiger partial charge in [0.2, 0.25) is 0 Å². The molecule has 0 atom stereocenters. The standard InChI is InChI=1S/C33H61O13P.C6H8O2/c1-2-3-4-5-6-7-8-9-32-10-12-33(13-11-32)45-30-28-43-26-24-41-22-20-39-18-16-37-14-15-38-17-19-40-21-23-42-25-27-44-29-31-46-47(34,35)36;1-2-3-4-5-6(7)8/h10-13H,2-9,14-31H2,1H3,(H2,34,35,36);2-5H,1H3,(H,7,8)/b;3-2+,5-4+. The van der Waals surface area contributed by atoms with Crippen LogP contribution in [0.25, 0.3) is 0 Å². The van der Waals surface area contributed by atoms with E-state index < -0.39 is 13.8 Å². The lowest BCUT2D eigenvalue weighted by atomic mass is 10.0. The molecule has 16 heteroatoms. The molecule has 320 valence electrons. The van der Waals surface area contributed by atoms with E-state index in [1.54, 1.807) is 12.2 Å². The van der Waals surface area contributed by atoms with Crippen molar-refractivity contribution in [1.29, 1.82) is 0 Å². The van der Waals surface area contributed by atoms with Crippen LogP contribution in [0.3, 0.4) is 0 Å². The van der Waals surface area contributed by atoms with E-state index in [4.69, 9.17) is 57.5 Å². The van der Waals surface area contributed by atoms with Gasteiger partial charge in [-0.1, -0.05) is 75.8 Å². The van der Waals surface area contributed by atoms with Crippen LogP contribution in [0, 0.1) is 0 Å². The van der Waals surface area contributed by atoms with Gasteiger partial charge in [-0.3, -0.25) is 4.52 Å². The molecule has 1 rings (SSSR count). The van der Waals surface area contributed by atoms with Crippen molar-refractivity contribution >= 4 is 13.8 Å². The lowest BCUT2D eigenvalue weighted by molar-refractivity contribution is -0.131. The van der Waals surface area contributed by atoms with Gasteiger partial charge in [0.05, 0.1) is 112 Å². The molecule has 0 bridgehead atoms. The number of benzene rings is 1. The van der Waals surface area contributed by atoms with Gasteiger partial charge >= 0.3 is 13.8 Å². The minimum Gasteiger partial charge on any atom is -0.491 e. The molecule has 0 heterocycles. The van der Waals surface area contributed by atoms with Gasteiger partial charge in [-0.15, -0.1) is 0 Å². The van der Waals surface area contributed by atoms with Gasteiger partial charge < -0.3 is 57.5 Å². The van der Waals surface area contributed by atoms with Crippen LogP contribution in [0.5, 0.6) is 5.75 Å². The predicted molar refractivity (Wildman–Crippen MR) is 210 cm³/mol. The Bertz CT molecular complexity index is 1070. The van der Waals surface area contributed by atoms with E-state index in [1.165, 1.54) is 56.6 Å². The maximum absolute atomic E-state index is 10.5. The molecule has 0 aromatic heterocycles. The molecule has 3 N–H and O–H groups in total. The van der Waals surface area contributed by atoms with Crippen LogP contribution in [-0.4, -0.2) is 140 Å². The Morgan fingerprint density at radius 3 is 1.33 bits per heavy atom. The van der Waals surface area contributed by atoms with E-state index in [2.05, 4.69) is 23.6 Å². The number of carboxylic acid groups (broad SMARTS) is 1. The zero-order valence-corrected chi connectivity index (χ0v) is 34.1. The van der Waals surface area contributed by atoms with Crippen molar-refractivity contribution in [2.45, 2.75) is 65.2 Å². The first-order chi connectivity index (χ1) is 26.8. The summed E-state index contributed by atoms with van der Waals surface area (Å²) in [5.74, 6) is -0.0371. The fourth-order valence-corrected chi connectivity index (χ4v) is 4.67. The second kappa shape index (κ2) is 41.4. The van der Waals surface area contributed by atoms with E-state index in [-0.39, 0.29) is 13.2 Å². The molecule has 15 nitrogen and oxygen atoms in total. The number of unbranched alkanes of at least 4 members (excludes halogenated alkanes) is 6. The van der Waals surface area contributed by atoms with Crippen LogP contribution < -0.4 is 4.74 Å². The van der Waals surface area contributed by atoms with Crippen molar-refractivity contribution in [2.75, 3.05) is 119 Å². The minimum absolute atomic E-state index is 0.0813. The van der Waals surface area contributed by atoms with Gasteiger partial charge in [-0.25, -0.2) is 9.36 Å². The van der Waals surface area contributed by atoms with Crippen LogP contribution in [0.15, 0.2) is 48.6 Å². The van der Waals surface area contributed by atoms with Crippen molar-refractivity contribution in [3.8, 4) is 5.75 Å². The van der Waals surface area contributed by atoms with E-state index in [1.807, 2.05) is 19.1 Å². The third-order valence-electron chi connectivity index (χ3n) is 7.12. The summed E-state index contributed by atoms with van der Waals surface area (Å²) in [6.07, 6.45) is 16.4. The second-order valence-electron chi connectivity index (χ2n) is 11.8. The maximum atomic E-state index is 10.5. The van der Waals surface area contributed by atoms with E-state index in [0.29, 0.717) is 106 Å². The molecule has 0 aliphatic rings. The fourth-order valence-electron chi connectivity index (χ4n) is 4.36. The Hall–Kier alpha value is -2.24. The van der Waals surface area contributed by atoms with Crippen LogP contribution in [-0.2, 0) is 58.2 Å². The van der Waals surface area contributed by atoms with Crippen molar-refractivity contribution in [2.24, 2.45) is 0 Å². The number of aryl methyl sites for hydroxylation is 1. The molecule has 55 heavy (non-hydrogen) atoms. The Kier molecular flexibility index (Phi) is 39.7. The monoisotopic (exact) mass is 808 g/mol. The highest BCUT2D eigenvalue weighted by atomic mass is 31.2. The molecule has 0 spiro atoms. The number of allylic oxidation sites excluding steroid dienone is 3. The summed E-state index contributed by atoms with van der Waals surface area (Å²) >= 11 is 0. The van der Waals surface area contributed by atoms with Crippen molar-refractivity contribution in [3.05, 3.63) is 54.1 Å². The number of carboxylic acids is 1. The molecule has 0 fully saturated rings. The Balaban J connectivity index is 0.00000325. The third kappa shape index (κ3) is 44.3. The second-order valence-corrected chi connectivity index (χ2v) is 13.0. The van der Waals surface area contributed by atoms with Crippen molar-refractivity contribution in [1.82, 2.24) is 0 Å². The number of hydrogen-bond acceptors (Lipinski definition) is 12. The summed E-state index contributed by atoms with van der Waals surface area (Å²) in [5.41, 5.74) is 1.37. The average molecular weight is 809 g/mol. The van der Waals surface area contributed by atoms with Gasteiger partial charge in [-0.2, -0.15) is 0 Å². The minimum atomic E-state index is -4.43. The maximum Gasteiger partial charge on any atom is 0.469 e. The molecular formula is C39H69O15P. The first kappa shape index (κ1) is 52.8. The van der Waals surface area contributed by atoms with Crippen LogP contribution in [0.4, 0.5) is 0 Å². The van der Waals surface area contributed by atoms with Gasteiger partial charge in [-0.05, 0) is 37.5 Å². The van der Waals surface area contributed by atoms with Crippen molar-refractivity contribution < 1.29 is 71.4 Å². The summed E-state index contributed by atoms with van der Waals surface area (Å²) in [5, 5.41) is 8.02. The van der Waals surface area contributed by atoms with Crippen LogP contribution >= 0.6 is 7.82 Å². The number of phosphoric acid groups is 1. The fraction of sp³-hybridized carbons (Fsp3) is 0.718. The molecular weight excluding hydrogens is 739 g/mol. The van der Waals surface area contributed by atoms with E-state index >= 15 is 0 Å². The first-order valence-corrected chi connectivity index (χ1v) is 20.9. The number of ether oxygens (including phenoxy) is 9. The summed E-state index contributed by atoms with van der Waals surface area (Å²) < 4.78 is 63.8. The number of hydrogen-bond donors (Lipinski definition) is 3. The molecule has 1 aromatic rings. The highest BCUT2D eigenvalue weighted by Crippen LogP contribution is 2.35. The smallest absolute Gasteiger partial charge is 0.469 e. The van der Waals surface area contributed by atoms with E-state index in [9.17, 15) is 9.36 Å². The Morgan fingerprint density at radius 1 is 0.564 bits per heavy atom. The Labute approximate surface area is 328 Å². The number of rotatable bonds is 39. The average Bonchev–Trinajstić information content (AvgIpc) is 3.16. The molecule has 0 aliphatic heterocycles. The quantitative estimate of drug-likeness (QED) is 0.0313. The van der Waals surface area contributed by atoms with Gasteiger partial charge in [0, 0.05) is 6.08 Å². The Morgan fingerprint density at radius 2 is 0.945 bits per heavy atom. The zero-order valence-electron chi connectivity index (χ0n) is 33.2.